The molecule has 0 aliphatic carbocycles. The van der Waals surface area contributed by atoms with Gasteiger partial charge >= 0.3 is 0 Å². The summed E-state index contributed by atoms with van der Waals surface area (Å²) in [6.45, 7) is 3.65. The Morgan fingerprint density at radius 3 is 2.50 bits per heavy atom. The molecule has 18 heavy (non-hydrogen) atoms. The molecule has 0 bridgehead atoms. The lowest BCUT2D eigenvalue weighted by Gasteiger charge is -2.13. The molecule has 0 unspecified atom stereocenters. The van der Waals surface area contributed by atoms with E-state index < -0.39 is 0 Å². The fraction of sp³-hybridized carbons (Fsp3) is 0.400. The molecule has 98 valence electrons. The van der Waals surface area contributed by atoms with E-state index in [-0.39, 0.29) is 5.78 Å². The highest BCUT2D eigenvalue weighted by Crippen LogP contribution is 2.33. The molecule has 3 nitrogen and oxygen atoms in total. The predicted octanol–water partition coefficient (Wildman–Crippen LogP) is 3.26. The van der Waals surface area contributed by atoms with Crippen molar-refractivity contribution >= 4 is 11.9 Å². The van der Waals surface area contributed by atoms with Crippen LogP contribution in [0.2, 0.25) is 0 Å². The molecule has 0 saturated heterocycles. The average Bonchev–Trinajstić information content (AvgIpc) is 2.36. The van der Waals surface area contributed by atoms with Gasteiger partial charge in [0.15, 0.2) is 17.3 Å². The van der Waals surface area contributed by atoms with Gasteiger partial charge in [0, 0.05) is 0 Å². The Labute approximate surface area is 108 Å². The maximum atomic E-state index is 11.0. The minimum absolute atomic E-state index is 0.0295. The number of benzene rings is 1. The van der Waals surface area contributed by atoms with Crippen LogP contribution >= 0.6 is 0 Å². The van der Waals surface area contributed by atoms with Crippen LogP contribution in [0.3, 0.4) is 0 Å². The molecule has 0 saturated carbocycles. The molecule has 0 N–H and O–H groups in total. The second kappa shape index (κ2) is 6.84. The number of allylic oxidation sites excluding steroid dienone is 1. The number of ether oxygens (including phenoxy) is 2. The Bertz CT molecular complexity index is 447. The highest BCUT2D eigenvalue weighted by Gasteiger charge is 2.10. The summed E-state index contributed by atoms with van der Waals surface area (Å²) < 4.78 is 10.7. The number of rotatable bonds is 6. The van der Waals surface area contributed by atoms with Gasteiger partial charge in [-0.15, -0.1) is 0 Å². The van der Waals surface area contributed by atoms with Crippen LogP contribution in [0.1, 0.15) is 31.4 Å². The summed E-state index contributed by atoms with van der Waals surface area (Å²) in [6.07, 6.45) is 5.29. The molecule has 0 atom stereocenters. The molecule has 0 spiro atoms. The summed E-state index contributed by atoms with van der Waals surface area (Å²) in [5.74, 6) is 1.51. The van der Waals surface area contributed by atoms with Gasteiger partial charge in [-0.05, 0) is 42.7 Å². The first-order valence-electron chi connectivity index (χ1n) is 6.05. The Morgan fingerprint density at radius 2 is 2.00 bits per heavy atom. The Balaban J connectivity index is 3.22. The zero-order valence-electron chi connectivity index (χ0n) is 11.4. The van der Waals surface area contributed by atoms with E-state index in [9.17, 15) is 4.79 Å². The van der Waals surface area contributed by atoms with E-state index in [2.05, 4.69) is 6.92 Å². The fourth-order valence-electron chi connectivity index (χ4n) is 1.83. The topological polar surface area (TPSA) is 35.5 Å². The third-order valence-corrected chi connectivity index (χ3v) is 2.61. The van der Waals surface area contributed by atoms with Crippen LogP contribution in [0.4, 0.5) is 0 Å². The molecule has 0 radical (unpaired) electrons. The van der Waals surface area contributed by atoms with Gasteiger partial charge in [-0.1, -0.05) is 19.4 Å². The van der Waals surface area contributed by atoms with E-state index in [1.54, 1.807) is 26.4 Å². The van der Waals surface area contributed by atoms with Crippen molar-refractivity contribution in [1.29, 1.82) is 0 Å². The van der Waals surface area contributed by atoms with Crippen molar-refractivity contribution in [3.8, 4) is 11.5 Å². The van der Waals surface area contributed by atoms with E-state index in [0.717, 1.165) is 29.7 Å². The van der Waals surface area contributed by atoms with Crippen molar-refractivity contribution in [2.45, 2.75) is 26.7 Å². The Hall–Kier alpha value is -1.77. The molecule has 0 aromatic heterocycles. The molecule has 0 aliphatic rings. The van der Waals surface area contributed by atoms with E-state index >= 15 is 0 Å². The van der Waals surface area contributed by atoms with Crippen LogP contribution in [0.25, 0.3) is 6.08 Å². The quantitative estimate of drug-likeness (QED) is 0.725. The van der Waals surface area contributed by atoms with Gasteiger partial charge in [-0.25, -0.2) is 0 Å². The van der Waals surface area contributed by atoms with E-state index in [1.807, 2.05) is 12.1 Å². The highest BCUT2D eigenvalue weighted by molar-refractivity contribution is 5.91. The minimum Gasteiger partial charge on any atom is -0.493 e. The van der Waals surface area contributed by atoms with Gasteiger partial charge in [0.25, 0.3) is 0 Å². The maximum absolute atomic E-state index is 11.0. The largest absolute Gasteiger partial charge is 0.493 e. The van der Waals surface area contributed by atoms with Crippen LogP contribution in [-0.4, -0.2) is 20.0 Å². The van der Waals surface area contributed by atoms with Crippen molar-refractivity contribution in [2.75, 3.05) is 14.2 Å². The minimum atomic E-state index is 0.0295. The lowest BCUT2D eigenvalue weighted by molar-refractivity contribution is -0.112. The van der Waals surface area contributed by atoms with Crippen molar-refractivity contribution in [2.24, 2.45) is 0 Å². The van der Waals surface area contributed by atoms with Crippen LogP contribution in [0, 0.1) is 0 Å². The van der Waals surface area contributed by atoms with Crippen molar-refractivity contribution in [3.05, 3.63) is 29.3 Å². The van der Waals surface area contributed by atoms with Crippen LogP contribution in [0.5, 0.6) is 11.5 Å². The lowest BCUT2D eigenvalue weighted by Crippen LogP contribution is -1.97. The summed E-state index contributed by atoms with van der Waals surface area (Å²) in [5, 5.41) is 0. The molecule has 0 amide bonds. The van der Waals surface area contributed by atoms with Gasteiger partial charge in [0.2, 0.25) is 0 Å². The predicted molar refractivity (Wildman–Crippen MR) is 73.3 cm³/mol. The zero-order chi connectivity index (χ0) is 13.5. The number of aryl methyl sites for hydroxylation is 1. The third kappa shape index (κ3) is 3.62. The molecule has 0 fully saturated rings. The fourth-order valence-corrected chi connectivity index (χ4v) is 1.83. The number of carbonyl (C=O) groups excluding carboxylic acids is 1. The van der Waals surface area contributed by atoms with Gasteiger partial charge in [0.05, 0.1) is 14.2 Å². The van der Waals surface area contributed by atoms with E-state index in [0.29, 0.717) is 5.75 Å². The Kier molecular flexibility index (Phi) is 5.43. The highest BCUT2D eigenvalue weighted by atomic mass is 16.5. The van der Waals surface area contributed by atoms with E-state index in [1.165, 1.54) is 6.92 Å². The SMILES string of the molecule is CCCc1cc(/C=C/C(C)=O)cc(OC)c1OC. The molecular formula is C15H20O3. The van der Waals surface area contributed by atoms with Crippen molar-refractivity contribution in [3.63, 3.8) is 0 Å². The summed E-state index contributed by atoms with van der Waals surface area (Å²) >= 11 is 0. The zero-order valence-corrected chi connectivity index (χ0v) is 11.4. The summed E-state index contributed by atoms with van der Waals surface area (Å²) in [4.78, 5) is 11.0. The maximum Gasteiger partial charge on any atom is 0.163 e. The van der Waals surface area contributed by atoms with Gasteiger partial charge < -0.3 is 9.47 Å². The summed E-state index contributed by atoms with van der Waals surface area (Å²) in [7, 11) is 3.26. The van der Waals surface area contributed by atoms with Gasteiger partial charge in [0.1, 0.15) is 0 Å². The molecule has 3 heteroatoms. The third-order valence-electron chi connectivity index (χ3n) is 2.61. The summed E-state index contributed by atoms with van der Waals surface area (Å²) in [6, 6.07) is 3.90. The second-order valence-corrected chi connectivity index (χ2v) is 4.11. The number of methoxy groups -OCH3 is 2. The molecule has 1 aromatic rings. The standard InChI is InChI=1S/C15H20O3/c1-5-6-13-9-12(8-7-11(2)16)10-14(17-3)15(13)18-4/h7-10H,5-6H2,1-4H3/b8-7+. The second-order valence-electron chi connectivity index (χ2n) is 4.11. The first-order chi connectivity index (χ1) is 8.62. The average molecular weight is 248 g/mol. The molecule has 0 aliphatic heterocycles. The summed E-state index contributed by atoms with van der Waals surface area (Å²) in [5.41, 5.74) is 2.05. The monoisotopic (exact) mass is 248 g/mol. The molecule has 0 heterocycles. The smallest absolute Gasteiger partial charge is 0.163 e. The van der Waals surface area contributed by atoms with Gasteiger partial charge in [-0.2, -0.15) is 0 Å². The van der Waals surface area contributed by atoms with Crippen LogP contribution in [-0.2, 0) is 11.2 Å². The first kappa shape index (κ1) is 14.3. The molecule has 1 aromatic carbocycles. The first-order valence-corrected chi connectivity index (χ1v) is 6.05. The van der Waals surface area contributed by atoms with Crippen LogP contribution < -0.4 is 9.47 Å². The number of carbonyl (C=O) groups is 1. The number of hydrogen-bond acceptors (Lipinski definition) is 3. The van der Waals surface area contributed by atoms with Crippen molar-refractivity contribution in [1.82, 2.24) is 0 Å². The number of hydrogen-bond donors (Lipinski definition) is 0. The lowest BCUT2D eigenvalue weighted by atomic mass is 10.0. The molecule has 1 rings (SSSR count). The van der Waals surface area contributed by atoms with Gasteiger partial charge in [-0.3, -0.25) is 4.79 Å². The Morgan fingerprint density at radius 1 is 1.28 bits per heavy atom. The normalized spacial score (nSPS) is 10.7. The number of ketones is 1. The molecular weight excluding hydrogens is 228 g/mol. The van der Waals surface area contributed by atoms with Crippen LogP contribution in [0.15, 0.2) is 18.2 Å². The van der Waals surface area contributed by atoms with E-state index in [4.69, 9.17) is 9.47 Å². The van der Waals surface area contributed by atoms with Crippen molar-refractivity contribution < 1.29 is 14.3 Å².